The van der Waals surface area contributed by atoms with Crippen LogP contribution in [0.2, 0.25) is 0 Å². The van der Waals surface area contributed by atoms with E-state index in [1.165, 1.54) is 0 Å². The Labute approximate surface area is 117 Å². The lowest BCUT2D eigenvalue weighted by Gasteiger charge is -2.37. The second-order valence-electron chi connectivity index (χ2n) is 7.07. The number of aliphatic hydroxyl groups is 1. The predicted octanol–water partition coefficient (Wildman–Crippen LogP) is 0.290. The number of rotatable bonds is 4. The number of amides is 1. The first-order valence-electron chi connectivity index (χ1n) is 7.04. The molecule has 1 saturated heterocycles. The van der Waals surface area contributed by atoms with Crippen LogP contribution >= 0.6 is 0 Å². The van der Waals surface area contributed by atoms with Gasteiger partial charge < -0.3 is 15.3 Å². The van der Waals surface area contributed by atoms with E-state index >= 15 is 0 Å². The van der Waals surface area contributed by atoms with E-state index in [2.05, 4.69) is 31.0 Å². The first-order chi connectivity index (χ1) is 8.57. The highest BCUT2D eigenvalue weighted by Crippen LogP contribution is 2.09. The molecular weight excluding hydrogens is 242 g/mol. The molecule has 112 valence electrons. The molecule has 5 heteroatoms. The van der Waals surface area contributed by atoms with Crippen LogP contribution in [0.4, 0.5) is 0 Å². The Hall–Kier alpha value is -0.650. The van der Waals surface area contributed by atoms with Crippen molar-refractivity contribution in [1.82, 2.24) is 15.1 Å². The normalized spacial score (nSPS) is 18.7. The average molecular weight is 271 g/mol. The van der Waals surface area contributed by atoms with Crippen molar-refractivity contribution in [1.29, 1.82) is 0 Å². The van der Waals surface area contributed by atoms with E-state index in [1.807, 2.05) is 18.7 Å². The lowest BCUT2D eigenvalue weighted by Crippen LogP contribution is -2.54. The summed E-state index contributed by atoms with van der Waals surface area (Å²) < 4.78 is 0. The van der Waals surface area contributed by atoms with Crippen LogP contribution in [-0.4, -0.2) is 71.2 Å². The van der Waals surface area contributed by atoms with Crippen LogP contribution in [0.25, 0.3) is 0 Å². The van der Waals surface area contributed by atoms with Crippen molar-refractivity contribution in [2.24, 2.45) is 0 Å². The largest absolute Gasteiger partial charge is 0.389 e. The molecule has 5 nitrogen and oxygen atoms in total. The number of hydrogen-bond acceptors (Lipinski definition) is 4. The number of carbonyl (C=O) groups excluding carboxylic acids is 1. The van der Waals surface area contributed by atoms with Crippen LogP contribution in [-0.2, 0) is 4.79 Å². The Bertz CT molecular complexity index is 297. The van der Waals surface area contributed by atoms with Crippen molar-refractivity contribution in [2.75, 3.05) is 39.3 Å². The van der Waals surface area contributed by atoms with Gasteiger partial charge in [0.15, 0.2) is 0 Å². The van der Waals surface area contributed by atoms with Crippen molar-refractivity contribution in [3.8, 4) is 0 Å². The molecule has 1 fully saturated rings. The number of hydrogen-bond donors (Lipinski definition) is 2. The topological polar surface area (TPSA) is 55.8 Å². The number of nitrogens with one attached hydrogen (secondary N) is 1. The quantitative estimate of drug-likeness (QED) is 0.772. The second kappa shape index (κ2) is 6.20. The maximum absolute atomic E-state index is 12.0. The Balaban J connectivity index is 2.31. The number of carbonyl (C=O) groups is 1. The lowest BCUT2D eigenvalue weighted by molar-refractivity contribution is -0.132. The molecule has 0 aromatic carbocycles. The summed E-state index contributed by atoms with van der Waals surface area (Å²) in [5.74, 6) is 0.165. The molecule has 19 heavy (non-hydrogen) atoms. The van der Waals surface area contributed by atoms with E-state index in [-0.39, 0.29) is 11.4 Å². The fraction of sp³-hybridized carbons (Fsp3) is 0.929. The molecule has 0 aromatic rings. The van der Waals surface area contributed by atoms with Gasteiger partial charge in [0, 0.05) is 38.3 Å². The van der Waals surface area contributed by atoms with Crippen molar-refractivity contribution in [3.63, 3.8) is 0 Å². The van der Waals surface area contributed by atoms with Gasteiger partial charge >= 0.3 is 0 Å². The second-order valence-corrected chi connectivity index (χ2v) is 7.07. The van der Waals surface area contributed by atoms with Crippen LogP contribution in [0.5, 0.6) is 0 Å². The summed E-state index contributed by atoms with van der Waals surface area (Å²) in [6, 6.07) is 0. The third-order valence-corrected chi connectivity index (χ3v) is 3.11. The van der Waals surface area contributed by atoms with Gasteiger partial charge in [0.2, 0.25) is 5.91 Å². The molecular formula is C14H29N3O2. The van der Waals surface area contributed by atoms with Crippen molar-refractivity contribution in [2.45, 2.75) is 45.8 Å². The standard InChI is InChI=1S/C14H29N3O2/c1-13(2,3)15-10-12(18)17-8-6-16(7-9-17)11-14(4,5)19/h15,19H,6-11H2,1-5H3. The Morgan fingerprint density at radius 2 is 1.63 bits per heavy atom. The summed E-state index contributed by atoms with van der Waals surface area (Å²) in [6.07, 6.45) is 0. The van der Waals surface area contributed by atoms with Gasteiger partial charge in [-0.3, -0.25) is 9.69 Å². The molecule has 0 atom stereocenters. The highest BCUT2D eigenvalue weighted by atomic mass is 16.3. The highest BCUT2D eigenvalue weighted by molar-refractivity contribution is 5.78. The lowest BCUT2D eigenvalue weighted by atomic mass is 10.1. The van der Waals surface area contributed by atoms with Crippen LogP contribution < -0.4 is 5.32 Å². The van der Waals surface area contributed by atoms with Gasteiger partial charge in [0.05, 0.1) is 12.1 Å². The van der Waals surface area contributed by atoms with E-state index in [0.29, 0.717) is 13.1 Å². The Kier molecular flexibility index (Phi) is 5.35. The zero-order valence-corrected chi connectivity index (χ0v) is 13.0. The van der Waals surface area contributed by atoms with Gasteiger partial charge in [-0.05, 0) is 34.6 Å². The minimum Gasteiger partial charge on any atom is -0.389 e. The molecule has 2 N–H and O–H groups in total. The van der Waals surface area contributed by atoms with Crippen molar-refractivity contribution >= 4 is 5.91 Å². The van der Waals surface area contributed by atoms with Gasteiger partial charge in [-0.15, -0.1) is 0 Å². The number of β-amino-alcohol motifs (C(OH)–C–C–N with tert-alkyl or cyclic N) is 1. The summed E-state index contributed by atoms with van der Waals surface area (Å²) in [4.78, 5) is 16.1. The van der Waals surface area contributed by atoms with Crippen LogP contribution in [0, 0.1) is 0 Å². The minimum atomic E-state index is -0.667. The third-order valence-electron chi connectivity index (χ3n) is 3.11. The first kappa shape index (κ1) is 16.4. The zero-order valence-electron chi connectivity index (χ0n) is 13.0. The number of nitrogens with zero attached hydrogens (tertiary/aromatic N) is 2. The summed E-state index contributed by atoms with van der Waals surface area (Å²) >= 11 is 0. The molecule has 0 saturated carbocycles. The van der Waals surface area contributed by atoms with Gasteiger partial charge in [0.25, 0.3) is 0 Å². The van der Waals surface area contributed by atoms with E-state index in [4.69, 9.17) is 0 Å². The minimum absolute atomic E-state index is 0.0294. The monoisotopic (exact) mass is 271 g/mol. The molecule has 0 radical (unpaired) electrons. The van der Waals surface area contributed by atoms with Gasteiger partial charge in [-0.25, -0.2) is 0 Å². The fourth-order valence-electron chi connectivity index (χ4n) is 2.16. The summed E-state index contributed by atoms with van der Waals surface area (Å²) in [6.45, 7) is 14.0. The Morgan fingerprint density at radius 1 is 1.11 bits per heavy atom. The molecule has 1 heterocycles. The van der Waals surface area contributed by atoms with Gasteiger partial charge in [0.1, 0.15) is 0 Å². The highest BCUT2D eigenvalue weighted by Gasteiger charge is 2.25. The van der Waals surface area contributed by atoms with E-state index in [1.54, 1.807) is 0 Å². The Morgan fingerprint density at radius 3 is 2.05 bits per heavy atom. The van der Waals surface area contributed by atoms with E-state index < -0.39 is 5.60 Å². The summed E-state index contributed by atoms with van der Waals surface area (Å²) in [7, 11) is 0. The molecule has 0 spiro atoms. The molecule has 0 aliphatic carbocycles. The first-order valence-corrected chi connectivity index (χ1v) is 7.04. The maximum atomic E-state index is 12.0. The van der Waals surface area contributed by atoms with Gasteiger partial charge in [-0.1, -0.05) is 0 Å². The maximum Gasteiger partial charge on any atom is 0.236 e. The SMILES string of the molecule is CC(C)(O)CN1CCN(C(=O)CNC(C)(C)C)CC1. The van der Waals surface area contributed by atoms with Crippen LogP contribution in [0.3, 0.4) is 0 Å². The smallest absolute Gasteiger partial charge is 0.236 e. The summed E-state index contributed by atoms with van der Waals surface area (Å²) in [5.41, 5.74) is -0.696. The zero-order chi connectivity index (χ0) is 14.7. The van der Waals surface area contributed by atoms with E-state index in [0.717, 1.165) is 26.2 Å². The predicted molar refractivity (Wildman–Crippen MR) is 77.1 cm³/mol. The molecule has 0 bridgehead atoms. The molecule has 1 aliphatic heterocycles. The molecule has 1 rings (SSSR count). The van der Waals surface area contributed by atoms with Crippen LogP contribution in [0.1, 0.15) is 34.6 Å². The van der Waals surface area contributed by atoms with E-state index in [9.17, 15) is 9.90 Å². The fourth-order valence-corrected chi connectivity index (χ4v) is 2.16. The summed E-state index contributed by atoms with van der Waals surface area (Å²) in [5, 5.41) is 13.0. The molecule has 1 aliphatic rings. The van der Waals surface area contributed by atoms with Crippen molar-refractivity contribution < 1.29 is 9.90 Å². The molecule has 1 amide bonds. The van der Waals surface area contributed by atoms with Crippen molar-refractivity contribution in [3.05, 3.63) is 0 Å². The number of piperazine rings is 1. The average Bonchev–Trinajstić information content (AvgIpc) is 2.23. The van der Waals surface area contributed by atoms with Gasteiger partial charge in [-0.2, -0.15) is 0 Å². The third kappa shape index (κ3) is 6.89. The molecule has 0 unspecified atom stereocenters. The molecule has 0 aromatic heterocycles. The van der Waals surface area contributed by atoms with Crippen LogP contribution in [0.15, 0.2) is 0 Å².